The van der Waals surface area contributed by atoms with E-state index >= 15 is 0 Å². The van der Waals surface area contributed by atoms with E-state index in [0.717, 1.165) is 31.2 Å². The minimum atomic E-state index is -0.506. The summed E-state index contributed by atoms with van der Waals surface area (Å²) in [6.07, 6.45) is 3.83. The SMILES string of the molecule is CCC(NCC1(O)CCC1)c1ccc(F)cc1. The Morgan fingerprint density at radius 2 is 2.00 bits per heavy atom. The van der Waals surface area contributed by atoms with Crippen LogP contribution in [-0.2, 0) is 0 Å². The third kappa shape index (κ3) is 3.05. The summed E-state index contributed by atoms with van der Waals surface area (Å²) in [7, 11) is 0. The molecule has 1 unspecified atom stereocenters. The maximum atomic E-state index is 12.8. The molecular weight excluding hydrogens is 217 g/mol. The minimum Gasteiger partial charge on any atom is -0.389 e. The summed E-state index contributed by atoms with van der Waals surface area (Å²) in [6.45, 7) is 2.72. The third-order valence-electron chi connectivity index (χ3n) is 3.64. The molecule has 0 saturated heterocycles. The van der Waals surface area contributed by atoms with E-state index in [9.17, 15) is 9.50 Å². The molecule has 1 aliphatic rings. The van der Waals surface area contributed by atoms with Gasteiger partial charge in [-0.1, -0.05) is 19.1 Å². The molecule has 2 N–H and O–H groups in total. The molecule has 1 aliphatic carbocycles. The molecule has 1 aromatic rings. The number of rotatable bonds is 5. The zero-order valence-corrected chi connectivity index (χ0v) is 10.2. The Hall–Kier alpha value is -0.930. The van der Waals surface area contributed by atoms with E-state index in [4.69, 9.17) is 0 Å². The highest BCUT2D eigenvalue weighted by Crippen LogP contribution is 2.31. The molecule has 17 heavy (non-hydrogen) atoms. The molecule has 0 amide bonds. The normalized spacial score (nSPS) is 19.7. The summed E-state index contributed by atoms with van der Waals surface area (Å²) < 4.78 is 12.8. The van der Waals surface area contributed by atoms with Gasteiger partial charge in [0.1, 0.15) is 5.82 Å². The van der Waals surface area contributed by atoms with Crippen molar-refractivity contribution in [2.45, 2.75) is 44.2 Å². The van der Waals surface area contributed by atoms with Gasteiger partial charge in [0.2, 0.25) is 0 Å². The second kappa shape index (κ2) is 5.15. The zero-order chi connectivity index (χ0) is 12.3. The molecule has 3 heteroatoms. The lowest BCUT2D eigenvalue weighted by Gasteiger charge is -2.38. The molecule has 0 radical (unpaired) electrons. The molecule has 0 aliphatic heterocycles. The van der Waals surface area contributed by atoms with Crippen LogP contribution in [0.3, 0.4) is 0 Å². The molecule has 94 valence electrons. The fraction of sp³-hybridized carbons (Fsp3) is 0.571. The van der Waals surface area contributed by atoms with Crippen LogP contribution in [0, 0.1) is 5.82 Å². The van der Waals surface area contributed by atoms with E-state index in [1.165, 1.54) is 12.1 Å². The lowest BCUT2D eigenvalue weighted by molar-refractivity contribution is -0.0333. The summed E-state index contributed by atoms with van der Waals surface area (Å²) in [5.74, 6) is -0.207. The summed E-state index contributed by atoms with van der Waals surface area (Å²) in [4.78, 5) is 0. The van der Waals surface area contributed by atoms with Crippen LogP contribution in [-0.4, -0.2) is 17.3 Å². The van der Waals surface area contributed by atoms with Crippen molar-refractivity contribution in [2.75, 3.05) is 6.54 Å². The molecule has 1 atom stereocenters. The average Bonchev–Trinajstić information content (AvgIpc) is 2.30. The summed E-state index contributed by atoms with van der Waals surface area (Å²) in [6, 6.07) is 6.78. The molecule has 0 spiro atoms. The van der Waals surface area contributed by atoms with Gasteiger partial charge in [0.15, 0.2) is 0 Å². The van der Waals surface area contributed by atoms with E-state index in [0.29, 0.717) is 6.54 Å². The predicted molar refractivity (Wildman–Crippen MR) is 66.2 cm³/mol. The maximum Gasteiger partial charge on any atom is 0.123 e. The molecule has 2 rings (SSSR count). The first kappa shape index (κ1) is 12.5. The molecule has 1 aromatic carbocycles. The van der Waals surface area contributed by atoms with Gasteiger partial charge >= 0.3 is 0 Å². The Morgan fingerprint density at radius 3 is 2.47 bits per heavy atom. The minimum absolute atomic E-state index is 0.195. The molecular formula is C14H20FNO. The van der Waals surface area contributed by atoms with Crippen molar-refractivity contribution in [1.82, 2.24) is 5.32 Å². The van der Waals surface area contributed by atoms with Crippen LogP contribution < -0.4 is 5.32 Å². The van der Waals surface area contributed by atoms with Crippen molar-refractivity contribution in [3.63, 3.8) is 0 Å². The van der Waals surface area contributed by atoms with E-state index in [-0.39, 0.29) is 11.9 Å². The largest absolute Gasteiger partial charge is 0.389 e. The maximum absolute atomic E-state index is 12.8. The number of nitrogens with one attached hydrogen (secondary N) is 1. The van der Waals surface area contributed by atoms with Gasteiger partial charge < -0.3 is 10.4 Å². The van der Waals surface area contributed by atoms with Crippen molar-refractivity contribution in [1.29, 1.82) is 0 Å². The Bertz CT molecular complexity index is 359. The lowest BCUT2D eigenvalue weighted by Crippen LogP contribution is -2.47. The highest BCUT2D eigenvalue weighted by Gasteiger charge is 2.34. The highest BCUT2D eigenvalue weighted by atomic mass is 19.1. The van der Waals surface area contributed by atoms with Gasteiger partial charge in [-0.15, -0.1) is 0 Å². The van der Waals surface area contributed by atoms with Crippen molar-refractivity contribution < 1.29 is 9.50 Å². The fourth-order valence-corrected chi connectivity index (χ4v) is 2.27. The van der Waals surface area contributed by atoms with Crippen molar-refractivity contribution >= 4 is 0 Å². The number of hydrogen-bond acceptors (Lipinski definition) is 2. The van der Waals surface area contributed by atoms with Crippen LogP contribution in [0.5, 0.6) is 0 Å². The fourth-order valence-electron chi connectivity index (χ4n) is 2.27. The van der Waals surface area contributed by atoms with Gasteiger partial charge in [-0.2, -0.15) is 0 Å². The number of hydrogen-bond donors (Lipinski definition) is 2. The van der Waals surface area contributed by atoms with Crippen LogP contribution in [0.25, 0.3) is 0 Å². The topological polar surface area (TPSA) is 32.3 Å². The van der Waals surface area contributed by atoms with E-state index < -0.39 is 5.60 Å². The van der Waals surface area contributed by atoms with Crippen LogP contribution in [0.2, 0.25) is 0 Å². The molecule has 0 heterocycles. The first-order chi connectivity index (χ1) is 8.13. The standard InChI is InChI=1S/C14H20FNO/c1-2-13(11-4-6-12(15)7-5-11)16-10-14(17)8-3-9-14/h4-7,13,16-17H,2-3,8-10H2,1H3. The Balaban J connectivity index is 1.94. The van der Waals surface area contributed by atoms with Gasteiger partial charge in [0, 0.05) is 12.6 Å². The number of aliphatic hydroxyl groups is 1. The second-order valence-electron chi connectivity index (χ2n) is 4.97. The summed E-state index contributed by atoms with van der Waals surface area (Å²) in [5.41, 5.74) is 0.574. The van der Waals surface area contributed by atoms with Crippen molar-refractivity contribution in [3.8, 4) is 0 Å². The van der Waals surface area contributed by atoms with Gasteiger partial charge in [0.05, 0.1) is 5.60 Å². The van der Waals surface area contributed by atoms with Crippen LogP contribution in [0.15, 0.2) is 24.3 Å². The first-order valence-corrected chi connectivity index (χ1v) is 6.34. The summed E-state index contributed by atoms with van der Waals surface area (Å²) >= 11 is 0. The highest BCUT2D eigenvalue weighted by molar-refractivity contribution is 5.19. The lowest BCUT2D eigenvalue weighted by atomic mass is 9.80. The first-order valence-electron chi connectivity index (χ1n) is 6.34. The Morgan fingerprint density at radius 1 is 1.35 bits per heavy atom. The summed E-state index contributed by atoms with van der Waals surface area (Å²) in [5, 5.41) is 13.4. The quantitative estimate of drug-likeness (QED) is 0.825. The molecule has 1 fully saturated rings. The second-order valence-corrected chi connectivity index (χ2v) is 4.97. The molecule has 2 nitrogen and oxygen atoms in total. The van der Waals surface area contributed by atoms with Gasteiger partial charge in [-0.25, -0.2) is 4.39 Å². The smallest absolute Gasteiger partial charge is 0.123 e. The van der Waals surface area contributed by atoms with Gasteiger partial charge in [0.25, 0.3) is 0 Å². The van der Waals surface area contributed by atoms with Crippen molar-refractivity contribution in [3.05, 3.63) is 35.6 Å². The zero-order valence-electron chi connectivity index (χ0n) is 10.2. The number of benzene rings is 1. The van der Waals surface area contributed by atoms with Crippen LogP contribution >= 0.6 is 0 Å². The Labute approximate surface area is 102 Å². The van der Waals surface area contributed by atoms with Gasteiger partial charge in [-0.3, -0.25) is 0 Å². The predicted octanol–water partition coefficient (Wildman–Crippen LogP) is 2.78. The average molecular weight is 237 g/mol. The van der Waals surface area contributed by atoms with Crippen LogP contribution in [0.4, 0.5) is 4.39 Å². The van der Waals surface area contributed by atoms with Gasteiger partial charge in [-0.05, 0) is 43.4 Å². The number of halogens is 1. The molecule has 0 bridgehead atoms. The molecule has 0 aromatic heterocycles. The monoisotopic (exact) mass is 237 g/mol. The van der Waals surface area contributed by atoms with E-state index in [1.807, 2.05) is 0 Å². The van der Waals surface area contributed by atoms with E-state index in [1.54, 1.807) is 12.1 Å². The van der Waals surface area contributed by atoms with Crippen molar-refractivity contribution in [2.24, 2.45) is 0 Å². The van der Waals surface area contributed by atoms with E-state index in [2.05, 4.69) is 12.2 Å². The Kier molecular flexibility index (Phi) is 3.79. The molecule has 1 saturated carbocycles. The third-order valence-corrected chi connectivity index (χ3v) is 3.64. The van der Waals surface area contributed by atoms with Crippen LogP contribution in [0.1, 0.15) is 44.2 Å².